The molecule has 0 unspecified atom stereocenters. The predicted octanol–water partition coefficient (Wildman–Crippen LogP) is 4.96. The average molecular weight is 644 g/mol. The Bertz CT molecular complexity index is 1350. The molecule has 1 aromatic heterocycles. The number of aryl methyl sites for hydroxylation is 1. The van der Waals surface area contributed by atoms with Crippen LogP contribution in [0.15, 0.2) is 23.1 Å². The summed E-state index contributed by atoms with van der Waals surface area (Å²) < 4.78 is 76.3. The van der Waals surface area contributed by atoms with Gasteiger partial charge in [-0.3, -0.25) is 9.58 Å². The zero-order valence-corrected chi connectivity index (χ0v) is 27.0. The molecule has 43 heavy (non-hydrogen) atoms. The SMILES string of the molecule is C[C@@H]1CN(CCSc2cc(-c3nn(CCCN4CCCCC4)c4c3CN(S(C)(=O)=O)CC4)ccc2C(F)(F)F)C[C@@H](C)O1. The molecule has 13 heteroatoms. The van der Waals surface area contributed by atoms with Gasteiger partial charge in [0.1, 0.15) is 0 Å². The second-order valence-corrected chi connectivity index (χ2v) is 15.3. The van der Waals surface area contributed by atoms with Crippen LogP contribution in [0.4, 0.5) is 13.2 Å². The van der Waals surface area contributed by atoms with Crippen LogP contribution in [-0.2, 0) is 40.4 Å². The summed E-state index contributed by atoms with van der Waals surface area (Å²) in [6.07, 6.45) is 2.07. The zero-order valence-electron chi connectivity index (χ0n) is 25.4. The Balaban J connectivity index is 1.40. The van der Waals surface area contributed by atoms with Crippen LogP contribution in [0.5, 0.6) is 0 Å². The number of sulfonamides is 1. The van der Waals surface area contributed by atoms with Crippen molar-refractivity contribution in [3.05, 3.63) is 35.0 Å². The van der Waals surface area contributed by atoms with Crippen molar-refractivity contribution in [1.29, 1.82) is 0 Å². The number of likely N-dealkylation sites (tertiary alicyclic amines) is 1. The number of alkyl halides is 3. The van der Waals surface area contributed by atoms with E-state index in [0.717, 1.165) is 56.5 Å². The second-order valence-electron chi connectivity index (χ2n) is 12.2. The Hall–Kier alpha value is -1.64. The number of aromatic nitrogens is 2. The number of thioether (sulfide) groups is 1. The first-order valence-corrected chi connectivity index (χ1v) is 18.2. The third kappa shape index (κ3) is 8.35. The Morgan fingerprint density at radius 3 is 2.40 bits per heavy atom. The molecule has 0 spiro atoms. The standard InChI is InChI=1S/C30H44F3N5O3S2/c1-22-19-36(20-23(2)41-22)16-17-42-28-18-24(8-9-26(28)30(31,32)33)29-25-21-37(43(3,39)40)15-10-27(25)38(34-29)14-7-13-35-11-5-4-6-12-35/h8-9,18,22-23H,4-7,10-17,19-21H2,1-3H3/t22-,23-/m1/s1. The molecule has 0 bridgehead atoms. The van der Waals surface area contributed by atoms with Gasteiger partial charge in [0.05, 0.1) is 29.7 Å². The van der Waals surface area contributed by atoms with Crippen molar-refractivity contribution in [3.63, 3.8) is 0 Å². The molecule has 2 aromatic rings. The molecule has 1 aromatic carbocycles. The van der Waals surface area contributed by atoms with Gasteiger partial charge < -0.3 is 9.64 Å². The van der Waals surface area contributed by atoms with Crippen LogP contribution >= 0.6 is 11.8 Å². The van der Waals surface area contributed by atoms with Crippen LogP contribution in [0.3, 0.4) is 0 Å². The number of halogens is 3. The van der Waals surface area contributed by atoms with Gasteiger partial charge in [-0.05, 0) is 64.9 Å². The van der Waals surface area contributed by atoms with Gasteiger partial charge in [-0.2, -0.15) is 22.6 Å². The van der Waals surface area contributed by atoms with E-state index in [2.05, 4.69) is 9.80 Å². The minimum Gasteiger partial charge on any atom is -0.373 e. The molecule has 4 heterocycles. The molecule has 0 N–H and O–H groups in total. The first-order valence-electron chi connectivity index (χ1n) is 15.4. The average Bonchev–Trinajstić information content (AvgIpc) is 3.30. The summed E-state index contributed by atoms with van der Waals surface area (Å²) in [6, 6.07) is 4.23. The fraction of sp³-hybridized carbons (Fsp3) is 0.700. The summed E-state index contributed by atoms with van der Waals surface area (Å²) in [5.41, 5.74) is 2.29. The number of ether oxygens (including phenoxy) is 1. The van der Waals surface area contributed by atoms with E-state index < -0.39 is 21.8 Å². The Kier molecular flexibility index (Phi) is 10.5. The van der Waals surface area contributed by atoms with Gasteiger partial charge >= 0.3 is 6.18 Å². The lowest BCUT2D eigenvalue weighted by Crippen LogP contribution is -2.46. The monoisotopic (exact) mass is 643 g/mol. The third-order valence-corrected chi connectivity index (χ3v) is 10.9. The number of benzene rings is 1. The van der Waals surface area contributed by atoms with E-state index in [-0.39, 0.29) is 23.6 Å². The van der Waals surface area contributed by atoms with Crippen LogP contribution in [0.2, 0.25) is 0 Å². The molecule has 0 aliphatic carbocycles. The number of hydrogen-bond acceptors (Lipinski definition) is 7. The number of rotatable bonds is 10. The summed E-state index contributed by atoms with van der Waals surface area (Å²) in [6.45, 7) is 10.6. The highest BCUT2D eigenvalue weighted by Crippen LogP contribution is 2.40. The minimum atomic E-state index is -4.48. The largest absolute Gasteiger partial charge is 0.417 e. The van der Waals surface area contributed by atoms with Crippen LogP contribution in [0, 0.1) is 0 Å². The van der Waals surface area contributed by atoms with Crippen LogP contribution < -0.4 is 0 Å². The summed E-state index contributed by atoms with van der Waals surface area (Å²) in [5, 5.41) is 4.93. The Labute approximate surface area is 258 Å². The van der Waals surface area contributed by atoms with Crippen molar-refractivity contribution in [2.45, 2.75) is 82.3 Å². The van der Waals surface area contributed by atoms with Crippen molar-refractivity contribution < 1.29 is 26.3 Å². The highest BCUT2D eigenvalue weighted by molar-refractivity contribution is 7.99. The van der Waals surface area contributed by atoms with Crippen LogP contribution in [0.1, 0.15) is 56.4 Å². The van der Waals surface area contributed by atoms with Crippen molar-refractivity contribution in [2.24, 2.45) is 0 Å². The number of morpholine rings is 1. The smallest absolute Gasteiger partial charge is 0.373 e. The maximum atomic E-state index is 14.1. The number of nitrogens with zero attached hydrogens (tertiary/aromatic N) is 5. The number of piperidine rings is 1. The molecule has 2 fully saturated rings. The predicted molar refractivity (Wildman–Crippen MR) is 164 cm³/mol. The molecule has 3 aliphatic rings. The van der Waals surface area contributed by atoms with Gasteiger partial charge in [0.2, 0.25) is 10.0 Å². The van der Waals surface area contributed by atoms with Crippen LogP contribution in [-0.4, -0.2) is 102 Å². The highest BCUT2D eigenvalue weighted by atomic mass is 32.2. The van der Waals surface area contributed by atoms with Crippen molar-refractivity contribution in [3.8, 4) is 11.3 Å². The lowest BCUT2D eigenvalue weighted by Gasteiger charge is -2.35. The van der Waals surface area contributed by atoms with Crippen LogP contribution in [0.25, 0.3) is 11.3 Å². The van der Waals surface area contributed by atoms with Crippen molar-refractivity contribution >= 4 is 21.8 Å². The van der Waals surface area contributed by atoms with Gasteiger partial charge in [0.15, 0.2) is 0 Å². The fourth-order valence-electron chi connectivity index (χ4n) is 6.57. The lowest BCUT2D eigenvalue weighted by atomic mass is 10.0. The van der Waals surface area contributed by atoms with Crippen molar-refractivity contribution in [1.82, 2.24) is 23.9 Å². The second kappa shape index (κ2) is 13.8. The van der Waals surface area contributed by atoms with Gasteiger partial charge in [-0.25, -0.2) is 8.42 Å². The molecule has 0 amide bonds. The number of hydrogen-bond donors (Lipinski definition) is 0. The molecule has 2 saturated heterocycles. The van der Waals surface area contributed by atoms with Gasteiger partial charge in [0.25, 0.3) is 0 Å². The molecule has 8 nitrogen and oxygen atoms in total. The van der Waals surface area contributed by atoms with Crippen molar-refractivity contribution in [2.75, 3.05) is 57.8 Å². The number of fused-ring (bicyclic) bond motifs is 1. The third-order valence-electron chi connectivity index (χ3n) is 8.58. The maximum Gasteiger partial charge on any atom is 0.417 e. The quantitative estimate of drug-likeness (QED) is 0.339. The lowest BCUT2D eigenvalue weighted by molar-refractivity contribution is -0.139. The van der Waals surface area contributed by atoms with Gasteiger partial charge in [-0.1, -0.05) is 12.5 Å². The normalized spacial score (nSPS) is 23.0. The van der Waals surface area contributed by atoms with Gasteiger partial charge in [0, 0.05) is 73.2 Å². The summed E-state index contributed by atoms with van der Waals surface area (Å²) in [7, 11) is -3.43. The minimum absolute atomic E-state index is 0.0930. The molecule has 2 atom stereocenters. The Morgan fingerprint density at radius 2 is 1.72 bits per heavy atom. The van der Waals surface area contributed by atoms with E-state index in [4.69, 9.17) is 9.84 Å². The fourth-order valence-corrected chi connectivity index (χ4v) is 8.47. The van der Waals surface area contributed by atoms with E-state index in [1.54, 1.807) is 6.07 Å². The molecule has 5 rings (SSSR count). The molecule has 240 valence electrons. The molecule has 0 saturated carbocycles. The van der Waals surface area contributed by atoms with E-state index in [9.17, 15) is 21.6 Å². The van der Waals surface area contributed by atoms with E-state index in [0.29, 0.717) is 43.1 Å². The first-order chi connectivity index (χ1) is 20.4. The summed E-state index contributed by atoms with van der Waals surface area (Å²) in [4.78, 5) is 4.89. The Morgan fingerprint density at radius 1 is 1.00 bits per heavy atom. The van der Waals surface area contributed by atoms with E-state index in [1.807, 2.05) is 18.5 Å². The molecular formula is C30H44F3N5O3S2. The maximum absolute atomic E-state index is 14.1. The highest BCUT2D eigenvalue weighted by Gasteiger charge is 2.35. The molecular weight excluding hydrogens is 599 g/mol. The summed E-state index contributed by atoms with van der Waals surface area (Å²) in [5.74, 6) is 0.511. The van der Waals surface area contributed by atoms with Gasteiger partial charge in [-0.15, -0.1) is 11.8 Å². The van der Waals surface area contributed by atoms with E-state index >= 15 is 0 Å². The molecule has 3 aliphatic heterocycles. The topological polar surface area (TPSA) is 70.9 Å². The van der Waals surface area contributed by atoms with E-state index in [1.165, 1.54) is 47.7 Å². The first kappa shape index (κ1) is 32.7. The zero-order chi connectivity index (χ0) is 30.8. The molecule has 0 radical (unpaired) electrons. The summed E-state index contributed by atoms with van der Waals surface area (Å²) >= 11 is 1.21.